The lowest BCUT2D eigenvalue weighted by molar-refractivity contribution is 0.811. The zero-order valence-electron chi connectivity index (χ0n) is 5.79. The number of hydrogen-bond acceptors (Lipinski definition) is 2. The van der Waals surface area contributed by atoms with Gasteiger partial charge in [0.2, 0.25) is 0 Å². The third-order valence-electron chi connectivity index (χ3n) is 2.20. The summed E-state index contributed by atoms with van der Waals surface area (Å²) in [6.45, 7) is 0.862. The molecule has 0 unspecified atom stereocenters. The molecule has 0 aromatic carbocycles. The summed E-state index contributed by atoms with van der Waals surface area (Å²) >= 11 is 1.78. The van der Waals surface area contributed by atoms with Gasteiger partial charge in [0.25, 0.3) is 0 Å². The summed E-state index contributed by atoms with van der Waals surface area (Å²) in [7, 11) is 0. The van der Waals surface area contributed by atoms with Crippen molar-refractivity contribution < 1.29 is 0 Å². The van der Waals surface area contributed by atoms with Crippen molar-refractivity contribution >= 4 is 11.3 Å². The van der Waals surface area contributed by atoms with Crippen LogP contribution in [0, 0.1) is 5.92 Å². The van der Waals surface area contributed by atoms with Gasteiger partial charge in [0.15, 0.2) is 0 Å². The quantitative estimate of drug-likeness (QED) is 0.689. The molecule has 1 heterocycles. The van der Waals surface area contributed by atoms with Crippen LogP contribution in [0.4, 0.5) is 0 Å². The molecule has 0 spiro atoms. The molecule has 54 valence electrons. The molecule has 1 aliphatic rings. The molecular weight excluding hydrogens is 142 g/mol. The fourth-order valence-corrected chi connectivity index (χ4v) is 2.13. The van der Waals surface area contributed by atoms with Crippen molar-refractivity contribution in [2.24, 2.45) is 11.7 Å². The van der Waals surface area contributed by atoms with Crippen LogP contribution in [0.25, 0.3) is 0 Å². The second-order valence-electron chi connectivity index (χ2n) is 2.89. The minimum atomic E-state index is 0.787. The molecule has 1 aliphatic carbocycles. The van der Waals surface area contributed by atoms with E-state index in [0.717, 1.165) is 18.4 Å². The highest BCUT2D eigenvalue weighted by atomic mass is 32.1. The average molecular weight is 153 g/mol. The summed E-state index contributed by atoms with van der Waals surface area (Å²) in [5.41, 5.74) is 7.03. The van der Waals surface area contributed by atoms with Crippen LogP contribution in [-0.4, -0.2) is 6.54 Å². The van der Waals surface area contributed by atoms with Crippen LogP contribution >= 0.6 is 11.3 Å². The van der Waals surface area contributed by atoms with E-state index in [1.54, 1.807) is 11.3 Å². The van der Waals surface area contributed by atoms with Gasteiger partial charge in [-0.15, -0.1) is 0 Å². The Hall–Kier alpha value is -0.340. The van der Waals surface area contributed by atoms with E-state index in [9.17, 15) is 0 Å². The Kier molecular flexibility index (Phi) is 1.51. The molecular formula is C8H11NS. The first-order valence-corrected chi connectivity index (χ1v) is 4.58. The second-order valence-corrected chi connectivity index (χ2v) is 3.67. The molecule has 2 rings (SSSR count). The molecule has 2 N–H and O–H groups in total. The van der Waals surface area contributed by atoms with Gasteiger partial charge in [0.05, 0.1) is 0 Å². The minimum absolute atomic E-state index is 0.787. The van der Waals surface area contributed by atoms with Gasteiger partial charge in [-0.25, -0.2) is 0 Å². The largest absolute Gasteiger partial charge is 0.330 e. The molecule has 0 amide bonds. The Labute approximate surface area is 64.9 Å². The zero-order valence-corrected chi connectivity index (χ0v) is 6.60. The standard InChI is InChI=1S/C8H11NS/c9-4-7-3-8(7)6-1-2-10-5-6/h1-2,5,7-8H,3-4,9H2/t7-,8-/m0/s1. The first kappa shape index (κ1) is 6.38. The Morgan fingerprint density at radius 1 is 1.70 bits per heavy atom. The number of hydrogen-bond donors (Lipinski definition) is 1. The Morgan fingerprint density at radius 3 is 3.10 bits per heavy atom. The van der Waals surface area contributed by atoms with E-state index in [-0.39, 0.29) is 0 Å². The van der Waals surface area contributed by atoms with E-state index < -0.39 is 0 Å². The van der Waals surface area contributed by atoms with E-state index in [4.69, 9.17) is 5.73 Å². The maximum Gasteiger partial charge on any atom is -0.00428 e. The molecule has 2 atom stereocenters. The van der Waals surface area contributed by atoms with E-state index in [2.05, 4.69) is 16.8 Å². The summed E-state index contributed by atoms with van der Waals surface area (Å²) in [4.78, 5) is 0. The van der Waals surface area contributed by atoms with Crippen LogP contribution in [0.5, 0.6) is 0 Å². The van der Waals surface area contributed by atoms with Crippen LogP contribution in [0.1, 0.15) is 17.9 Å². The summed E-state index contributed by atoms with van der Waals surface area (Å²) in [5.74, 6) is 1.59. The summed E-state index contributed by atoms with van der Waals surface area (Å²) < 4.78 is 0. The fourth-order valence-electron chi connectivity index (χ4n) is 1.40. The smallest absolute Gasteiger partial charge is 0.00428 e. The van der Waals surface area contributed by atoms with Gasteiger partial charge in [-0.2, -0.15) is 11.3 Å². The monoisotopic (exact) mass is 153 g/mol. The van der Waals surface area contributed by atoms with Gasteiger partial charge in [0, 0.05) is 0 Å². The van der Waals surface area contributed by atoms with Gasteiger partial charge in [-0.05, 0) is 47.2 Å². The van der Waals surface area contributed by atoms with Gasteiger partial charge in [-0.3, -0.25) is 0 Å². The molecule has 1 nitrogen and oxygen atoms in total. The zero-order chi connectivity index (χ0) is 6.97. The van der Waals surface area contributed by atoms with Crippen molar-refractivity contribution in [3.8, 4) is 0 Å². The molecule has 1 aromatic rings. The second kappa shape index (κ2) is 2.36. The SMILES string of the molecule is NC[C@@H]1C[C@H]1c1ccsc1. The summed E-state index contributed by atoms with van der Waals surface area (Å²) in [5, 5.41) is 4.38. The highest BCUT2D eigenvalue weighted by Gasteiger charge is 2.36. The topological polar surface area (TPSA) is 26.0 Å². The Bertz CT molecular complexity index is 205. The number of rotatable bonds is 2. The van der Waals surface area contributed by atoms with Gasteiger partial charge in [-0.1, -0.05) is 0 Å². The maximum absolute atomic E-state index is 5.53. The molecule has 1 aromatic heterocycles. The molecule has 0 aliphatic heterocycles. The highest BCUT2D eigenvalue weighted by molar-refractivity contribution is 7.08. The third-order valence-corrected chi connectivity index (χ3v) is 2.90. The molecule has 0 saturated heterocycles. The molecule has 0 radical (unpaired) electrons. The van der Waals surface area contributed by atoms with Gasteiger partial charge >= 0.3 is 0 Å². The van der Waals surface area contributed by atoms with Crippen molar-refractivity contribution in [2.45, 2.75) is 12.3 Å². The maximum atomic E-state index is 5.53. The van der Waals surface area contributed by atoms with E-state index in [0.29, 0.717) is 0 Å². The fraction of sp³-hybridized carbons (Fsp3) is 0.500. The first-order chi connectivity index (χ1) is 4.92. The normalized spacial score (nSPS) is 30.5. The first-order valence-electron chi connectivity index (χ1n) is 3.64. The predicted molar refractivity (Wildman–Crippen MR) is 44.2 cm³/mol. The molecule has 1 fully saturated rings. The summed E-state index contributed by atoms with van der Waals surface area (Å²) in [6, 6.07) is 2.21. The average Bonchev–Trinajstić information content (AvgIpc) is 2.56. The van der Waals surface area contributed by atoms with Gasteiger partial charge < -0.3 is 5.73 Å². The van der Waals surface area contributed by atoms with E-state index >= 15 is 0 Å². The van der Waals surface area contributed by atoms with Crippen molar-refractivity contribution in [1.82, 2.24) is 0 Å². The minimum Gasteiger partial charge on any atom is -0.330 e. The van der Waals surface area contributed by atoms with Crippen LogP contribution in [-0.2, 0) is 0 Å². The predicted octanol–water partition coefficient (Wildman–Crippen LogP) is 1.81. The van der Waals surface area contributed by atoms with Crippen LogP contribution in [0.15, 0.2) is 16.8 Å². The van der Waals surface area contributed by atoms with E-state index in [1.165, 1.54) is 12.0 Å². The lowest BCUT2D eigenvalue weighted by Crippen LogP contribution is -2.01. The summed E-state index contributed by atoms with van der Waals surface area (Å²) in [6.07, 6.45) is 1.31. The van der Waals surface area contributed by atoms with Crippen molar-refractivity contribution in [1.29, 1.82) is 0 Å². The van der Waals surface area contributed by atoms with E-state index in [1.807, 2.05) is 0 Å². The number of nitrogens with two attached hydrogens (primary N) is 1. The van der Waals surface area contributed by atoms with Gasteiger partial charge in [0.1, 0.15) is 0 Å². The highest BCUT2D eigenvalue weighted by Crippen LogP contribution is 2.47. The Balaban J connectivity index is 2.05. The molecule has 1 saturated carbocycles. The van der Waals surface area contributed by atoms with Crippen molar-refractivity contribution in [3.63, 3.8) is 0 Å². The lowest BCUT2D eigenvalue weighted by Gasteiger charge is -1.90. The molecule has 2 heteroatoms. The van der Waals surface area contributed by atoms with Crippen LogP contribution < -0.4 is 5.73 Å². The lowest BCUT2D eigenvalue weighted by atomic mass is 10.2. The molecule has 10 heavy (non-hydrogen) atoms. The molecule has 0 bridgehead atoms. The number of thiophene rings is 1. The van der Waals surface area contributed by atoms with Crippen molar-refractivity contribution in [2.75, 3.05) is 6.54 Å². The Morgan fingerprint density at radius 2 is 2.60 bits per heavy atom. The van der Waals surface area contributed by atoms with Crippen LogP contribution in [0.2, 0.25) is 0 Å². The van der Waals surface area contributed by atoms with Crippen LogP contribution in [0.3, 0.4) is 0 Å². The third kappa shape index (κ3) is 0.976. The van der Waals surface area contributed by atoms with Crippen molar-refractivity contribution in [3.05, 3.63) is 22.4 Å².